The number of hydrogen-bond donors (Lipinski definition) is 0. The van der Waals surface area contributed by atoms with Gasteiger partial charge >= 0.3 is 12.1 Å². The smallest absolute Gasteiger partial charge is 0.416 e. The van der Waals surface area contributed by atoms with E-state index in [1.165, 1.54) is 30.0 Å². The quantitative estimate of drug-likeness (QED) is 0.251. The van der Waals surface area contributed by atoms with E-state index >= 15 is 0 Å². The number of fused-ring (bicyclic) bond motifs is 1. The van der Waals surface area contributed by atoms with Crippen LogP contribution in [0.4, 0.5) is 13.2 Å². The monoisotopic (exact) mass is 404 g/mol. The van der Waals surface area contributed by atoms with Crippen molar-refractivity contribution in [3.8, 4) is 0 Å². The normalized spacial score (nSPS) is 11.8. The van der Waals surface area contributed by atoms with Gasteiger partial charge in [-0.2, -0.15) is 13.2 Å². The molecule has 0 atom stereocenters. The van der Waals surface area contributed by atoms with E-state index in [1.54, 1.807) is 12.3 Å². The molecule has 0 aliphatic rings. The molecule has 0 N–H and O–H groups in total. The summed E-state index contributed by atoms with van der Waals surface area (Å²) in [5, 5.41) is 0. The minimum absolute atomic E-state index is 0.0769. The molecular weight excluding hydrogens is 389 g/mol. The third-order valence-electron chi connectivity index (χ3n) is 3.62. The van der Waals surface area contributed by atoms with E-state index in [0.717, 1.165) is 23.2 Å². The molecule has 0 aliphatic carbocycles. The molecule has 0 unspecified atom stereocenters. The first-order valence-electron chi connectivity index (χ1n) is 8.28. The lowest BCUT2D eigenvalue weighted by Gasteiger charge is -2.08. The van der Waals surface area contributed by atoms with Crippen LogP contribution in [0.3, 0.4) is 0 Å². The Morgan fingerprint density at radius 3 is 2.68 bits per heavy atom. The number of esters is 1. The summed E-state index contributed by atoms with van der Waals surface area (Å²) < 4.78 is 43.1. The largest absolute Gasteiger partial charge is 0.462 e. The van der Waals surface area contributed by atoms with E-state index in [0.29, 0.717) is 16.3 Å². The molecule has 28 heavy (non-hydrogen) atoms. The summed E-state index contributed by atoms with van der Waals surface area (Å²) in [6, 6.07) is 12.4. The lowest BCUT2D eigenvalue weighted by Crippen LogP contribution is -2.05. The van der Waals surface area contributed by atoms with E-state index < -0.39 is 17.7 Å². The molecule has 1 heterocycles. The molecule has 8 heteroatoms. The fourth-order valence-corrected chi connectivity index (χ4v) is 3.10. The molecule has 0 fully saturated rings. The Bertz CT molecular complexity index is 1010. The van der Waals surface area contributed by atoms with Crippen molar-refractivity contribution < 1.29 is 22.7 Å². The molecule has 0 saturated heterocycles. The lowest BCUT2D eigenvalue weighted by molar-refractivity contribution is -0.138. The fraction of sp³-hybridized carbons (Fsp3) is 0.150. The predicted octanol–water partition coefficient (Wildman–Crippen LogP) is 5.00. The average Bonchev–Trinajstić information content (AvgIpc) is 2.69. The van der Waals surface area contributed by atoms with Crippen LogP contribution < -0.4 is 0 Å². The summed E-state index contributed by atoms with van der Waals surface area (Å²) >= 11 is 1.18. The average molecular weight is 404 g/mol. The van der Waals surface area contributed by atoms with Gasteiger partial charge in [0.15, 0.2) is 0 Å². The minimum atomic E-state index is -4.38. The summed E-state index contributed by atoms with van der Waals surface area (Å²) in [7, 11) is 0. The van der Waals surface area contributed by atoms with Crippen LogP contribution in [0.1, 0.15) is 11.3 Å². The van der Waals surface area contributed by atoms with Gasteiger partial charge in [-0.15, -0.1) is 11.8 Å². The number of thioether (sulfide) groups is 1. The summed E-state index contributed by atoms with van der Waals surface area (Å²) in [6.45, 7) is 0.0769. The highest BCUT2D eigenvalue weighted by atomic mass is 32.2. The second-order valence-electron chi connectivity index (χ2n) is 5.66. The number of rotatable bonds is 6. The van der Waals surface area contributed by atoms with E-state index in [1.807, 2.05) is 24.3 Å². The number of para-hydroxylation sites is 2. The summed E-state index contributed by atoms with van der Waals surface area (Å²) in [4.78, 5) is 20.8. The number of alkyl halides is 3. The first-order valence-corrected chi connectivity index (χ1v) is 9.27. The van der Waals surface area contributed by atoms with Crippen LogP contribution in [-0.4, -0.2) is 28.3 Å². The van der Waals surface area contributed by atoms with Crippen LogP contribution in [0.25, 0.3) is 17.1 Å². The van der Waals surface area contributed by atoms with Gasteiger partial charge in [0, 0.05) is 16.7 Å². The van der Waals surface area contributed by atoms with Crippen LogP contribution in [0.2, 0.25) is 0 Å². The minimum Gasteiger partial charge on any atom is -0.462 e. The summed E-state index contributed by atoms with van der Waals surface area (Å²) in [5.41, 5.74) is 1.30. The third kappa shape index (κ3) is 5.56. The number of ether oxygens (including phenoxy) is 1. The second-order valence-corrected chi connectivity index (χ2v) is 6.83. The molecule has 4 nitrogen and oxygen atoms in total. The van der Waals surface area contributed by atoms with E-state index in [2.05, 4.69) is 9.97 Å². The van der Waals surface area contributed by atoms with Crippen molar-refractivity contribution >= 4 is 34.8 Å². The second kappa shape index (κ2) is 8.88. The van der Waals surface area contributed by atoms with Crippen LogP contribution >= 0.6 is 11.8 Å². The van der Waals surface area contributed by atoms with Crippen molar-refractivity contribution in [2.45, 2.75) is 11.1 Å². The molecule has 0 radical (unpaired) electrons. The zero-order valence-corrected chi connectivity index (χ0v) is 15.3. The van der Waals surface area contributed by atoms with Crippen molar-refractivity contribution in [1.29, 1.82) is 0 Å². The molecule has 0 saturated carbocycles. The molecule has 0 spiro atoms. The van der Waals surface area contributed by atoms with E-state index in [4.69, 9.17) is 4.74 Å². The highest BCUT2D eigenvalue weighted by molar-refractivity contribution is 7.99. The van der Waals surface area contributed by atoms with Gasteiger partial charge in [-0.1, -0.05) is 18.2 Å². The Morgan fingerprint density at radius 2 is 1.89 bits per heavy atom. The van der Waals surface area contributed by atoms with Crippen molar-refractivity contribution in [1.82, 2.24) is 9.97 Å². The Hall–Kier alpha value is -2.87. The molecule has 2 aromatic carbocycles. The van der Waals surface area contributed by atoms with Gasteiger partial charge in [-0.3, -0.25) is 4.98 Å². The number of halogens is 3. The predicted molar refractivity (Wildman–Crippen MR) is 102 cm³/mol. The Balaban J connectivity index is 1.47. The van der Waals surface area contributed by atoms with Crippen molar-refractivity contribution in [2.24, 2.45) is 0 Å². The number of hydrogen-bond acceptors (Lipinski definition) is 5. The maximum Gasteiger partial charge on any atom is 0.416 e. The number of aromatic nitrogens is 2. The van der Waals surface area contributed by atoms with Gasteiger partial charge < -0.3 is 4.74 Å². The lowest BCUT2D eigenvalue weighted by atomic mass is 10.2. The molecule has 3 aromatic rings. The summed E-state index contributed by atoms with van der Waals surface area (Å²) in [6.07, 6.45) is -0.0788. The van der Waals surface area contributed by atoms with E-state index in [-0.39, 0.29) is 6.61 Å². The SMILES string of the molecule is O=C(/C=C/c1cnc2ccccc2n1)OCCSc1cccc(C(F)(F)F)c1. The van der Waals surface area contributed by atoms with Crippen LogP contribution in [0.5, 0.6) is 0 Å². The molecular formula is C20H15F3N2O2S. The summed E-state index contributed by atoms with van der Waals surface area (Å²) in [5.74, 6) is -0.212. The Labute approximate surface area is 163 Å². The fourth-order valence-electron chi connectivity index (χ4n) is 2.32. The number of nitrogens with zero attached hydrogens (tertiary/aromatic N) is 2. The highest BCUT2D eigenvalue weighted by Crippen LogP contribution is 2.31. The van der Waals surface area contributed by atoms with Gasteiger partial charge in [0.2, 0.25) is 0 Å². The number of carbonyl (C=O) groups excluding carboxylic acids is 1. The zero-order valence-electron chi connectivity index (χ0n) is 14.5. The molecule has 144 valence electrons. The van der Waals surface area contributed by atoms with Crippen molar-refractivity contribution in [2.75, 3.05) is 12.4 Å². The standard InChI is InChI=1S/C20H15F3N2O2S/c21-20(22,23)14-4-3-5-16(12-14)28-11-10-27-19(26)9-8-15-13-24-17-6-1-2-7-18(17)25-15/h1-9,12-13H,10-11H2/b9-8+. The first-order chi connectivity index (χ1) is 13.4. The zero-order chi connectivity index (χ0) is 20.0. The first kappa shape index (κ1) is 19.9. The van der Waals surface area contributed by atoms with E-state index in [9.17, 15) is 18.0 Å². The van der Waals surface area contributed by atoms with Crippen LogP contribution in [-0.2, 0) is 15.7 Å². The van der Waals surface area contributed by atoms with Crippen LogP contribution in [0.15, 0.2) is 65.7 Å². The van der Waals surface area contributed by atoms with Gasteiger partial charge in [-0.25, -0.2) is 9.78 Å². The van der Waals surface area contributed by atoms with Crippen molar-refractivity contribution in [3.05, 3.63) is 72.1 Å². The maximum atomic E-state index is 12.7. The van der Waals surface area contributed by atoms with Gasteiger partial charge in [0.05, 0.1) is 28.5 Å². The Morgan fingerprint density at radius 1 is 1.11 bits per heavy atom. The number of benzene rings is 2. The van der Waals surface area contributed by atoms with Gasteiger partial charge in [0.1, 0.15) is 6.61 Å². The topological polar surface area (TPSA) is 52.1 Å². The molecule has 0 bridgehead atoms. The molecule has 3 rings (SSSR count). The molecule has 1 aromatic heterocycles. The molecule has 0 aliphatic heterocycles. The Kier molecular flexibility index (Phi) is 6.30. The van der Waals surface area contributed by atoms with Crippen molar-refractivity contribution in [3.63, 3.8) is 0 Å². The van der Waals surface area contributed by atoms with Crippen LogP contribution in [0, 0.1) is 0 Å². The van der Waals surface area contributed by atoms with Gasteiger partial charge in [0.25, 0.3) is 0 Å². The van der Waals surface area contributed by atoms with Gasteiger partial charge in [-0.05, 0) is 36.4 Å². The third-order valence-corrected chi connectivity index (χ3v) is 4.57. The highest BCUT2D eigenvalue weighted by Gasteiger charge is 2.30. The number of carbonyl (C=O) groups is 1. The molecule has 0 amide bonds. The maximum absolute atomic E-state index is 12.7.